The van der Waals surface area contributed by atoms with E-state index in [9.17, 15) is 9.50 Å². The fraction of sp³-hybridized carbons (Fsp3) is 0.200. The summed E-state index contributed by atoms with van der Waals surface area (Å²) in [5, 5.41) is 12.8. The topological polar surface area (TPSA) is 41.5 Å². The molecule has 100 valence electrons. The van der Waals surface area contributed by atoms with Crippen molar-refractivity contribution in [2.24, 2.45) is 0 Å². The van der Waals surface area contributed by atoms with Gasteiger partial charge in [-0.1, -0.05) is 6.07 Å². The van der Waals surface area contributed by atoms with Crippen LogP contribution in [0.5, 0.6) is 11.5 Å². The normalized spacial score (nSPS) is 10.3. The van der Waals surface area contributed by atoms with E-state index in [1.165, 1.54) is 19.2 Å². The van der Waals surface area contributed by atoms with Crippen LogP contribution in [0.2, 0.25) is 0 Å². The molecule has 0 unspecified atom stereocenters. The molecule has 2 aromatic rings. The molecule has 0 fully saturated rings. The number of hydrogen-bond acceptors (Lipinski definition) is 3. The van der Waals surface area contributed by atoms with Gasteiger partial charge in [0.2, 0.25) is 0 Å². The molecular weight excluding hydrogens is 245 g/mol. The van der Waals surface area contributed by atoms with Gasteiger partial charge in [0.1, 0.15) is 5.82 Å². The highest BCUT2D eigenvalue weighted by Gasteiger charge is 2.03. The lowest BCUT2D eigenvalue weighted by atomic mass is 10.1. The number of benzene rings is 2. The lowest BCUT2D eigenvalue weighted by Gasteiger charge is -2.10. The zero-order chi connectivity index (χ0) is 13.8. The monoisotopic (exact) mass is 261 g/mol. The third-order valence-electron chi connectivity index (χ3n) is 2.97. The fourth-order valence-electron chi connectivity index (χ4n) is 1.85. The Hall–Kier alpha value is -2.23. The number of phenols is 1. The lowest BCUT2D eigenvalue weighted by molar-refractivity contribution is 0.373. The summed E-state index contributed by atoms with van der Waals surface area (Å²) >= 11 is 0. The largest absolute Gasteiger partial charge is 0.504 e. The molecule has 0 aromatic heterocycles. The first-order valence-corrected chi connectivity index (χ1v) is 5.96. The quantitative estimate of drug-likeness (QED) is 0.885. The third kappa shape index (κ3) is 3.16. The number of hydrogen-bond donors (Lipinski definition) is 2. The zero-order valence-corrected chi connectivity index (χ0v) is 10.9. The van der Waals surface area contributed by atoms with E-state index >= 15 is 0 Å². The summed E-state index contributed by atoms with van der Waals surface area (Å²) in [7, 11) is 1.50. The summed E-state index contributed by atoms with van der Waals surface area (Å²) in [6.07, 6.45) is 0. The molecule has 2 rings (SSSR count). The van der Waals surface area contributed by atoms with Gasteiger partial charge in [-0.2, -0.15) is 0 Å². The van der Waals surface area contributed by atoms with E-state index in [4.69, 9.17) is 4.74 Å². The molecule has 19 heavy (non-hydrogen) atoms. The van der Waals surface area contributed by atoms with Gasteiger partial charge in [-0.05, 0) is 42.3 Å². The zero-order valence-electron chi connectivity index (χ0n) is 10.9. The van der Waals surface area contributed by atoms with Crippen LogP contribution in [0, 0.1) is 12.7 Å². The van der Waals surface area contributed by atoms with Crippen LogP contribution in [0.15, 0.2) is 36.4 Å². The minimum Gasteiger partial charge on any atom is -0.504 e. The lowest BCUT2D eigenvalue weighted by Crippen LogP contribution is -2.01. The number of phenolic OH excluding ortho intramolecular Hbond substituents is 1. The number of rotatable bonds is 4. The van der Waals surface area contributed by atoms with E-state index in [-0.39, 0.29) is 11.6 Å². The Balaban J connectivity index is 2.08. The van der Waals surface area contributed by atoms with Crippen LogP contribution in [0.25, 0.3) is 0 Å². The molecule has 2 N–H and O–H groups in total. The fourth-order valence-corrected chi connectivity index (χ4v) is 1.85. The van der Waals surface area contributed by atoms with Crippen molar-refractivity contribution in [2.75, 3.05) is 12.4 Å². The van der Waals surface area contributed by atoms with Crippen molar-refractivity contribution in [3.8, 4) is 11.5 Å². The number of methoxy groups -OCH3 is 1. The highest BCUT2D eigenvalue weighted by molar-refractivity contribution is 5.54. The minimum atomic E-state index is -0.233. The first kappa shape index (κ1) is 13.2. The number of ether oxygens (including phenoxy) is 1. The molecule has 3 nitrogen and oxygen atoms in total. The molecule has 0 amide bonds. The van der Waals surface area contributed by atoms with E-state index in [0.29, 0.717) is 12.3 Å². The van der Waals surface area contributed by atoms with Gasteiger partial charge in [-0.15, -0.1) is 0 Å². The Labute approximate surface area is 111 Å². The average Bonchev–Trinajstić information content (AvgIpc) is 2.38. The van der Waals surface area contributed by atoms with E-state index < -0.39 is 0 Å². The Morgan fingerprint density at radius 2 is 2.00 bits per heavy atom. The smallest absolute Gasteiger partial charge is 0.160 e. The maximum absolute atomic E-state index is 13.0. The molecule has 0 aliphatic rings. The van der Waals surface area contributed by atoms with Crippen molar-refractivity contribution in [1.82, 2.24) is 0 Å². The number of halogens is 1. The molecule has 0 heterocycles. The molecule has 0 bridgehead atoms. The predicted octanol–water partition coefficient (Wildman–Crippen LogP) is 3.46. The highest BCUT2D eigenvalue weighted by Crippen LogP contribution is 2.28. The van der Waals surface area contributed by atoms with Crippen LogP contribution in [-0.2, 0) is 6.54 Å². The van der Waals surface area contributed by atoms with Crippen molar-refractivity contribution >= 4 is 5.69 Å². The second kappa shape index (κ2) is 5.61. The molecule has 0 radical (unpaired) electrons. The van der Waals surface area contributed by atoms with Gasteiger partial charge in [0.15, 0.2) is 11.5 Å². The maximum Gasteiger partial charge on any atom is 0.160 e. The highest BCUT2D eigenvalue weighted by atomic mass is 19.1. The molecule has 2 aromatic carbocycles. The molecule has 0 aliphatic heterocycles. The van der Waals surface area contributed by atoms with E-state index in [2.05, 4.69) is 5.32 Å². The molecule has 4 heteroatoms. The van der Waals surface area contributed by atoms with Crippen LogP contribution in [0.4, 0.5) is 10.1 Å². The Bertz CT molecular complexity index is 584. The summed E-state index contributed by atoms with van der Waals surface area (Å²) in [4.78, 5) is 0. The summed E-state index contributed by atoms with van der Waals surface area (Å²) in [5.41, 5.74) is 2.68. The van der Waals surface area contributed by atoms with Gasteiger partial charge in [-0.3, -0.25) is 0 Å². The van der Waals surface area contributed by atoms with Crippen molar-refractivity contribution < 1.29 is 14.2 Å². The van der Waals surface area contributed by atoms with Gasteiger partial charge in [0.05, 0.1) is 7.11 Å². The Morgan fingerprint density at radius 3 is 2.63 bits per heavy atom. The van der Waals surface area contributed by atoms with Crippen molar-refractivity contribution in [2.45, 2.75) is 13.5 Å². The van der Waals surface area contributed by atoms with Gasteiger partial charge in [0.25, 0.3) is 0 Å². The number of aryl methyl sites for hydroxylation is 1. The van der Waals surface area contributed by atoms with Crippen LogP contribution < -0.4 is 10.1 Å². The molecular formula is C15H16FNO2. The summed E-state index contributed by atoms with van der Waals surface area (Å²) in [6, 6.07) is 9.79. The van der Waals surface area contributed by atoms with Crippen LogP contribution in [-0.4, -0.2) is 12.2 Å². The van der Waals surface area contributed by atoms with Gasteiger partial charge in [0, 0.05) is 18.3 Å². The molecule has 0 aliphatic carbocycles. The molecule has 0 atom stereocenters. The standard InChI is InChI=1S/C15H16FNO2/c1-10-7-12(16)4-3-11(10)9-17-13-5-6-15(19-2)14(18)8-13/h3-8,17-18H,9H2,1-2H3. The maximum atomic E-state index is 13.0. The second-order valence-electron chi connectivity index (χ2n) is 4.31. The molecule has 0 saturated heterocycles. The summed E-state index contributed by atoms with van der Waals surface area (Å²) in [5.74, 6) is 0.287. The van der Waals surface area contributed by atoms with Crippen molar-refractivity contribution in [3.05, 3.63) is 53.3 Å². The second-order valence-corrected chi connectivity index (χ2v) is 4.31. The Kier molecular flexibility index (Phi) is 3.90. The first-order chi connectivity index (χ1) is 9.10. The Morgan fingerprint density at radius 1 is 1.21 bits per heavy atom. The first-order valence-electron chi connectivity index (χ1n) is 5.96. The molecule has 0 saturated carbocycles. The minimum absolute atomic E-state index is 0.0864. The van der Waals surface area contributed by atoms with Crippen LogP contribution in [0.3, 0.4) is 0 Å². The third-order valence-corrected chi connectivity index (χ3v) is 2.97. The van der Waals surface area contributed by atoms with Gasteiger partial charge < -0.3 is 15.2 Å². The van der Waals surface area contributed by atoms with Crippen LogP contribution in [0.1, 0.15) is 11.1 Å². The number of anilines is 1. The predicted molar refractivity (Wildman–Crippen MR) is 73.1 cm³/mol. The SMILES string of the molecule is COc1ccc(NCc2ccc(F)cc2C)cc1O. The van der Waals surface area contributed by atoms with E-state index in [0.717, 1.165) is 16.8 Å². The van der Waals surface area contributed by atoms with Crippen molar-refractivity contribution in [1.29, 1.82) is 0 Å². The van der Waals surface area contributed by atoms with Gasteiger partial charge >= 0.3 is 0 Å². The van der Waals surface area contributed by atoms with E-state index in [1.807, 2.05) is 13.0 Å². The van der Waals surface area contributed by atoms with Crippen LogP contribution >= 0.6 is 0 Å². The van der Waals surface area contributed by atoms with E-state index in [1.54, 1.807) is 18.2 Å². The summed E-state index contributed by atoms with van der Waals surface area (Å²) < 4.78 is 18.0. The summed E-state index contributed by atoms with van der Waals surface area (Å²) in [6.45, 7) is 2.43. The number of nitrogens with one attached hydrogen (secondary N) is 1. The molecule has 0 spiro atoms. The van der Waals surface area contributed by atoms with Crippen molar-refractivity contribution in [3.63, 3.8) is 0 Å². The average molecular weight is 261 g/mol. The number of aromatic hydroxyl groups is 1. The van der Waals surface area contributed by atoms with Gasteiger partial charge in [-0.25, -0.2) is 4.39 Å².